The molecule has 0 amide bonds. The molecule has 0 bridgehead atoms. The van der Waals surface area contributed by atoms with Gasteiger partial charge in [-0.3, -0.25) is 0 Å². The molecule has 0 spiro atoms. The minimum atomic E-state index is 1.11. The third-order valence-corrected chi connectivity index (χ3v) is 12.1. The summed E-state index contributed by atoms with van der Waals surface area (Å²) in [6.07, 6.45) is 4.60. The van der Waals surface area contributed by atoms with Crippen molar-refractivity contribution in [2.75, 3.05) is 0 Å². The summed E-state index contributed by atoms with van der Waals surface area (Å²) in [5.74, 6) is 0. The van der Waals surface area contributed by atoms with Gasteiger partial charge in [0.2, 0.25) is 0 Å². The standard InChI is InChI=1S/C62H44N2/c1-7-19-47(20-8-1)57(48-21-9-2-10-22-48)39-45-31-35-55(36-32-45)63-59(51-27-15-5-16-28-51)41-53-44-62-54(43-61(53)63)42-60(52-29-17-6-18-30-52)64(62)56-37-33-46(34-38-56)40-58(49-23-11-3-12-24-49)50-25-13-4-14-26-50/h1-44H. The minimum absolute atomic E-state index is 1.11. The molecule has 2 aromatic heterocycles. The summed E-state index contributed by atoms with van der Waals surface area (Å²) < 4.78 is 4.84. The van der Waals surface area contributed by atoms with Crippen molar-refractivity contribution >= 4 is 45.1 Å². The maximum atomic E-state index is 2.42. The van der Waals surface area contributed by atoms with Crippen LogP contribution in [0.1, 0.15) is 33.4 Å². The van der Waals surface area contributed by atoms with Crippen molar-refractivity contribution in [2.45, 2.75) is 0 Å². The average Bonchev–Trinajstić information content (AvgIpc) is 3.94. The van der Waals surface area contributed by atoms with Crippen molar-refractivity contribution in [1.82, 2.24) is 9.13 Å². The van der Waals surface area contributed by atoms with Gasteiger partial charge in [-0.2, -0.15) is 0 Å². The smallest absolute Gasteiger partial charge is 0.0542 e. The molecule has 0 fully saturated rings. The molecule has 9 aromatic carbocycles. The average molecular weight is 817 g/mol. The summed E-state index contributed by atoms with van der Waals surface area (Å²) in [6.45, 7) is 0. The number of benzene rings is 9. The lowest BCUT2D eigenvalue weighted by Gasteiger charge is -2.14. The fourth-order valence-electron chi connectivity index (χ4n) is 9.02. The van der Waals surface area contributed by atoms with Crippen molar-refractivity contribution < 1.29 is 0 Å². The van der Waals surface area contributed by atoms with Gasteiger partial charge in [-0.05, 0) is 116 Å². The Balaban J connectivity index is 1.04. The predicted molar refractivity (Wildman–Crippen MR) is 271 cm³/mol. The van der Waals surface area contributed by atoms with Gasteiger partial charge in [0.1, 0.15) is 0 Å². The van der Waals surface area contributed by atoms with Gasteiger partial charge in [-0.25, -0.2) is 0 Å². The van der Waals surface area contributed by atoms with Crippen LogP contribution in [0.2, 0.25) is 0 Å². The van der Waals surface area contributed by atoms with E-state index in [1.54, 1.807) is 0 Å². The van der Waals surface area contributed by atoms with E-state index in [0.29, 0.717) is 0 Å². The maximum Gasteiger partial charge on any atom is 0.0542 e. The summed E-state index contributed by atoms with van der Waals surface area (Å²) in [4.78, 5) is 0. The molecule has 64 heavy (non-hydrogen) atoms. The van der Waals surface area contributed by atoms with Crippen LogP contribution in [0.15, 0.2) is 255 Å². The molecule has 0 aliphatic rings. The second-order valence-corrected chi connectivity index (χ2v) is 16.2. The van der Waals surface area contributed by atoms with Gasteiger partial charge in [0, 0.05) is 22.1 Å². The van der Waals surface area contributed by atoms with E-state index in [1.807, 2.05) is 0 Å². The zero-order valence-corrected chi connectivity index (χ0v) is 35.3. The molecule has 0 saturated carbocycles. The lowest BCUT2D eigenvalue weighted by molar-refractivity contribution is 1.13. The molecule has 2 heteroatoms. The van der Waals surface area contributed by atoms with Crippen molar-refractivity contribution in [3.63, 3.8) is 0 Å². The minimum Gasteiger partial charge on any atom is -0.309 e. The Morgan fingerprint density at radius 3 is 0.859 bits per heavy atom. The number of hydrogen-bond donors (Lipinski definition) is 0. The zero-order chi connectivity index (χ0) is 42.7. The molecule has 0 unspecified atom stereocenters. The van der Waals surface area contributed by atoms with Gasteiger partial charge in [0.25, 0.3) is 0 Å². The number of hydrogen-bond acceptors (Lipinski definition) is 0. The van der Waals surface area contributed by atoms with E-state index >= 15 is 0 Å². The van der Waals surface area contributed by atoms with Crippen molar-refractivity contribution in [3.8, 4) is 33.9 Å². The molecule has 302 valence electrons. The normalized spacial score (nSPS) is 11.1. The summed E-state index contributed by atoms with van der Waals surface area (Å²) in [7, 11) is 0. The highest BCUT2D eigenvalue weighted by Crippen LogP contribution is 2.39. The van der Waals surface area contributed by atoms with Crippen LogP contribution < -0.4 is 0 Å². The van der Waals surface area contributed by atoms with Crippen LogP contribution >= 0.6 is 0 Å². The third kappa shape index (κ3) is 7.59. The lowest BCUT2D eigenvalue weighted by atomic mass is 9.96. The molecule has 0 N–H and O–H groups in total. The first-order valence-electron chi connectivity index (χ1n) is 21.9. The third-order valence-electron chi connectivity index (χ3n) is 12.1. The van der Waals surface area contributed by atoms with Crippen LogP contribution in [0.3, 0.4) is 0 Å². The Kier molecular flexibility index (Phi) is 10.3. The molecule has 2 nitrogen and oxygen atoms in total. The second kappa shape index (κ2) is 17.1. The lowest BCUT2D eigenvalue weighted by Crippen LogP contribution is -1.98. The van der Waals surface area contributed by atoms with E-state index in [1.165, 1.54) is 55.3 Å². The van der Waals surface area contributed by atoms with E-state index < -0.39 is 0 Å². The monoisotopic (exact) mass is 816 g/mol. The van der Waals surface area contributed by atoms with Crippen molar-refractivity contribution in [3.05, 3.63) is 288 Å². The highest BCUT2D eigenvalue weighted by atomic mass is 15.0. The van der Waals surface area contributed by atoms with Crippen LogP contribution in [-0.2, 0) is 0 Å². The number of rotatable bonds is 10. The van der Waals surface area contributed by atoms with E-state index in [2.05, 4.69) is 276 Å². The second-order valence-electron chi connectivity index (χ2n) is 16.2. The number of fused-ring (bicyclic) bond motifs is 2. The van der Waals surface area contributed by atoms with Crippen LogP contribution in [-0.4, -0.2) is 9.13 Å². The van der Waals surface area contributed by atoms with Gasteiger partial charge >= 0.3 is 0 Å². The van der Waals surface area contributed by atoms with E-state index in [9.17, 15) is 0 Å². The Morgan fingerprint density at radius 2 is 0.562 bits per heavy atom. The molecule has 11 rings (SSSR count). The Morgan fingerprint density at radius 1 is 0.281 bits per heavy atom. The van der Waals surface area contributed by atoms with Crippen LogP contribution in [0.25, 0.3) is 79.0 Å². The maximum absolute atomic E-state index is 2.42. The molecular formula is C62H44N2. The van der Waals surface area contributed by atoms with E-state index in [-0.39, 0.29) is 0 Å². The molecule has 11 aromatic rings. The molecule has 0 aliphatic heterocycles. The van der Waals surface area contributed by atoms with Gasteiger partial charge in [0.15, 0.2) is 0 Å². The Labute approximate surface area is 374 Å². The summed E-state index contributed by atoms with van der Waals surface area (Å²) >= 11 is 0. The van der Waals surface area contributed by atoms with Crippen molar-refractivity contribution in [1.29, 1.82) is 0 Å². The summed E-state index contributed by atoms with van der Waals surface area (Å²) in [6, 6.07) is 91.5. The molecular weight excluding hydrogens is 773 g/mol. The molecule has 0 radical (unpaired) electrons. The first kappa shape index (κ1) is 38.5. The fraction of sp³-hybridized carbons (Fsp3) is 0. The predicted octanol–water partition coefficient (Wildman–Crippen LogP) is 16.1. The molecule has 2 heterocycles. The molecule has 0 atom stereocenters. The Bertz CT molecular complexity index is 3080. The van der Waals surface area contributed by atoms with E-state index in [0.717, 1.165) is 44.9 Å². The first-order valence-corrected chi connectivity index (χ1v) is 21.9. The topological polar surface area (TPSA) is 9.86 Å². The highest BCUT2D eigenvalue weighted by Gasteiger charge is 2.19. The van der Waals surface area contributed by atoms with Gasteiger partial charge in [-0.1, -0.05) is 206 Å². The SMILES string of the molecule is C(=C(c1ccccc1)c1ccccc1)c1ccc(-n2c(-c3ccccc3)cc3cc4c(cc(-c5ccccc5)n4-c4ccc(C=C(c5ccccc5)c5ccccc5)cc4)cc32)cc1. The molecule has 0 saturated heterocycles. The number of nitrogens with zero attached hydrogens (tertiary/aromatic N) is 2. The highest BCUT2D eigenvalue weighted by molar-refractivity contribution is 6.02. The fourth-order valence-corrected chi connectivity index (χ4v) is 9.02. The van der Waals surface area contributed by atoms with Crippen molar-refractivity contribution in [2.24, 2.45) is 0 Å². The Hall–Kier alpha value is -8.46. The van der Waals surface area contributed by atoms with E-state index in [4.69, 9.17) is 0 Å². The van der Waals surface area contributed by atoms with Gasteiger partial charge < -0.3 is 9.13 Å². The van der Waals surface area contributed by atoms with Crippen LogP contribution in [0.4, 0.5) is 0 Å². The summed E-state index contributed by atoms with van der Waals surface area (Å²) in [5, 5.41) is 2.36. The largest absolute Gasteiger partial charge is 0.309 e. The first-order chi connectivity index (χ1) is 31.7. The van der Waals surface area contributed by atoms with Gasteiger partial charge in [-0.15, -0.1) is 0 Å². The zero-order valence-electron chi connectivity index (χ0n) is 35.3. The summed E-state index contributed by atoms with van der Waals surface area (Å²) in [5.41, 5.74) is 18.7. The molecule has 0 aliphatic carbocycles. The quantitative estimate of drug-likeness (QED) is 0.122. The number of aromatic nitrogens is 2. The van der Waals surface area contributed by atoms with Crippen LogP contribution in [0.5, 0.6) is 0 Å². The van der Waals surface area contributed by atoms with Gasteiger partial charge in [0.05, 0.1) is 22.4 Å². The van der Waals surface area contributed by atoms with Crippen LogP contribution in [0, 0.1) is 0 Å².